The quantitative estimate of drug-likeness (QED) is 0.472. The van der Waals surface area contributed by atoms with E-state index in [1.54, 1.807) is 18.2 Å². The average molecular weight is 446 g/mol. The highest BCUT2D eigenvalue weighted by Crippen LogP contribution is 2.41. The first kappa shape index (κ1) is 20.0. The van der Waals surface area contributed by atoms with Crippen molar-refractivity contribution in [3.63, 3.8) is 0 Å². The average Bonchev–Trinajstić information content (AvgIpc) is 3.01. The third-order valence-electron chi connectivity index (χ3n) is 5.54. The summed E-state index contributed by atoms with van der Waals surface area (Å²) in [6.45, 7) is -0.440. The highest BCUT2D eigenvalue weighted by Gasteiger charge is 2.36. The maximum atomic E-state index is 13.0. The summed E-state index contributed by atoms with van der Waals surface area (Å²) < 4.78 is 27.0. The van der Waals surface area contributed by atoms with E-state index in [2.05, 4.69) is 10.9 Å². The molecule has 0 atom stereocenters. The minimum Gasteiger partial charge on any atom is -0.273 e. The van der Waals surface area contributed by atoms with Crippen LogP contribution in [0.3, 0.4) is 0 Å². The Labute approximate surface area is 184 Å². The van der Waals surface area contributed by atoms with Crippen LogP contribution in [0.5, 0.6) is 0 Å². The SMILES string of the molecule is O=C(Cc1cccc2ccccc12)NNC(=O)CN1c2cccc3cccc(c23)S1(=O)=O. The third kappa shape index (κ3) is 3.34. The summed E-state index contributed by atoms with van der Waals surface area (Å²) in [6.07, 6.45) is 0.0778. The zero-order valence-corrected chi connectivity index (χ0v) is 17.7. The van der Waals surface area contributed by atoms with Gasteiger partial charge in [-0.2, -0.15) is 0 Å². The van der Waals surface area contributed by atoms with E-state index in [1.165, 1.54) is 6.07 Å². The van der Waals surface area contributed by atoms with Gasteiger partial charge in [0.2, 0.25) is 5.91 Å². The number of benzene rings is 4. The molecule has 8 heteroatoms. The normalized spacial score (nSPS) is 13.9. The Balaban J connectivity index is 1.28. The number of amides is 2. The van der Waals surface area contributed by atoms with Gasteiger partial charge in [-0.3, -0.25) is 24.7 Å². The fraction of sp³-hybridized carbons (Fsp3) is 0.0833. The van der Waals surface area contributed by atoms with Crippen LogP contribution in [-0.4, -0.2) is 26.8 Å². The van der Waals surface area contributed by atoms with Crippen LogP contribution in [0.25, 0.3) is 21.5 Å². The largest absolute Gasteiger partial charge is 0.273 e. The fourth-order valence-corrected chi connectivity index (χ4v) is 5.77. The van der Waals surface area contributed by atoms with Crippen LogP contribution in [0, 0.1) is 0 Å². The Bertz CT molecular complexity index is 1490. The number of sulfonamides is 1. The van der Waals surface area contributed by atoms with Crippen molar-refractivity contribution in [3.8, 4) is 0 Å². The number of carbonyl (C=O) groups excluding carboxylic acids is 2. The van der Waals surface area contributed by atoms with E-state index in [1.807, 2.05) is 54.6 Å². The number of carbonyl (C=O) groups is 2. The molecule has 2 amide bonds. The third-order valence-corrected chi connectivity index (χ3v) is 7.34. The summed E-state index contributed by atoms with van der Waals surface area (Å²) in [5.41, 5.74) is 6.00. The lowest BCUT2D eigenvalue weighted by Crippen LogP contribution is -2.47. The molecule has 0 spiro atoms. The van der Waals surface area contributed by atoms with Gasteiger partial charge in [-0.15, -0.1) is 0 Å². The molecule has 2 N–H and O–H groups in total. The number of hydrazine groups is 1. The van der Waals surface area contributed by atoms with Gasteiger partial charge in [0, 0.05) is 5.39 Å². The van der Waals surface area contributed by atoms with Crippen molar-refractivity contribution < 1.29 is 18.0 Å². The monoisotopic (exact) mass is 445 g/mol. The smallest absolute Gasteiger partial charge is 0.265 e. The first-order valence-electron chi connectivity index (χ1n) is 10.0. The van der Waals surface area contributed by atoms with Gasteiger partial charge < -0.3 is 0 Å². The zero-order valence-electron chi connectivity index (χ0n) is 16.9. The molecular formula is C24H19N3O4S. The van der Waals surface area contributed by atoms with Crippen molar-refractivity contribution in [2.75, 3.05) is 10.8 Å². The first-order chi connectivity index (χ1) is 15.4. The fourth-order valence-electron chi connectivity index (χ4n) is 4.10. The molecule has 4 aromatic rings. The van der Waals surface area contributed by atoms with Gasteiger partial charge in [-0.05, 0) is 33.9 Å². The molecule has 0 unspecified atom stereocenters. The van der Waals surface area contributed by atoms with Gasteiger partial charge in [0.25, 0.3) is 15.9 Å². The predicted molar refractivity (Wildman–Crippen MR) is 122 cm³/mol. The zero-order chi connectivity index (χ0) is 22.3. The van der Waals surface area contributed by atoms with E-state index in [0.29, 0.717) is 11.1 Å². The molecule has 7 nitrogen and oxygen atoms in total. The van der Waals surface area contributed by atoms with Crippen LogP contribution >= 0.6 is 0 Å². The molecule has 1 heterocycles. The molecule has 0 saturated carbocycles. The topological polar surface area (TPSA) is 95.6 Å². The van der Waals surface area contributed by atoms with Crippen molar-refractivity contribution in [2.45, 2.75) is 11.3 Å². The van der Waals surface area contributed by atoms with E-state index in [0.717, 1.165) is 26.0 Å². The lowest BCUT2D eigenvalue weighted by molar-refractivity contribution is -0.127. The summed E-state index contributed by atoms with van der Waals surface area (Å²) in [7, 11) is -3.85. The second kappa shape index (κ2) is 7.65. The second-order valence-electron chi connectivity index (χ2n) is 7.55. The molecular weight excluding hydrogens is 426 g/mol. The maximum Gasteiger partial charge on any atom is 0.265 e. The molecule has 5 rings (SSSR count). The number of fused-ring (bicyclic) bond motifs is 1. The van der Waals surface area contributed by atoms with Crippen molar-refractivity contribution in [3.05, 3.63) is 84.4 Å². The Morgan fingerprint density at radius 2 is 1.41 bits per heavy atom. The number of hydrogen-bond acceptors (Lipinski definition) is 4. The Morgan fingerprint density at radius 1 is 0.750 bits per heavy atom. The molecule has 0 saturated heterocycles. The van der Waals surface area contributed by atoms with Crippen LogP contribution in [0.15, 0.2) is 83.8 Å². The van der Waals surface area contributed by atoms with Crippen molar-refractivity contribution in [1.82, 2.24) is 10.9 Å². The van der Waals surface area contributed by atoms with E-state index < -0.39 is 28.4 Å². The molecule has 1 aliphatic heterocycles. The van der Waals surface area contributed by atoms with Crippen LogP contribution in [-0.2, 0) is 26.0 Å². The number of rotatable bonds is 4. The van der Waals surface area contributed by atoms with Gasteiger partial charge in [0.1, 0.15) is 6.54 Å². The lowest BCUT2D eigenvalue weighted by atomic mass is 10.0. The molecule has 0 aromatic heterocycles. The highest BCUT2D eigenvalue weighted by molar-refractivity contribution is 7.93. The van der Waals surface area contributed by atoms with Crippen LogP contribution in [0.4, 0.5) is 5.69 Å². The molecule has 4 aromatic carbocycles. The van der Waals surface area contributed by atoms with E-state index >= 15 is 0 Å². The van der Waals surface area contributed by atoms with Crippen LogP contribution in [0.2, 0.25) is 0 Å². The Kier molecular flexibility index (Phi) is 4.79. The summed E-state index contributed by atoms with van der Waals surface area (Å²) in [6, 6.07) is 23.7. The van der Waals surface area contributed by atoms with E-state index in [-0.39, 0.29) is 11.3 Å². The van der Waals surface area contributed by atoms with E-state index in [9.17, 15) is 18.0 Å². The van der Waals surface area contributed by atoms with Gasteiger partial charge in [-0.25, -0.2) is 8.42 Å². The summed E-state index contributed by atoms with van der Waals surface area (Å²) in [5, 5.41) is 3.37. The molecule has 0 fully saturated rings. The number of nitrogens with one attached hydrogen (secondary N) is 2. The number of anilines is 1. The first-order valence-corrected chi connectivity index (χ1v) is 11.5. The molecule has 1 aliphatic rings. The van der Waals surface area contributed by atoms with Gasteiger partial charge in [0.15, 0.2) is 0 Å². The summed E-state index contributed by atoms with van der Waals surface area (Å²) in [5.74, 6) is -1.03. The van der Waals surface area contributed by atoms with Gasteiger partial charge in [0.05, 0.1) is 17.0 Å². The van der Waals surface area contributed by atoms with Crippen LogP contribution < -0.4 is 15.2 Å². The summed E-state index contributed by atoms with van der Waals surface area (Å²) >= 11 is 0. The molecule has 0 bridgehead atoms. The second-order valence-corrected chi connectivity index (χ2v) is 9.39. The Hall–Kier alpha value is -3.91. The van der Waals surface area contributed by atoms with Gasteiger partial charge >= 0.3 is 0 Å². The standard InChI is InChI=1S/C24H19N3O4S/c28-22(14-18-10-3-7-16-6-1-2-11-19(16)18)25-26-23(29)15-27-20-12-4-8-17-9-5-13-21(24(17)20)32(27,30)31/h1-13H,14-15H2,(H,25,28)(H,26,29). The van der Waals surface area contributed by atoms with Crippen LogP contribution in [0.1, 0.15) is 5.56 Å². The van der Waals surface area contributed by atoms with Gasteiger partial charge in [-0.1, -0.05) is 66.7 Å². The Morgan fingerprint density at radius 3 is 2.25 bits per heavy atom. The van der Waals surface area contributed by atoms with E-state index in [4.69, 9.17) is 0 Å². The number of hydrogen-bond donors (Lipinski definition) is 2. The number of nitrogens with zero attached hydrogens (tertiary/aromatic N) is 1. The lowest BCUT2D eigenvalue weighted by Gasteiger charge is -2.18. The predicted octanol–water partition coefficient (Wildman–Crippen LogP) is 2.89. The molecule has 32 heavy (non-hydrogen) atoms. The van der Waals surface area contributed by atoms with Crippen molar-refractivity contribution >= 4 is 49.1 Å². The minimum atomic E-state index is -3.85. The maximum absolute atomic E-state index is 13.0. The minimum absolute atomic E-state index is 0.0778. The summed E-state index contributed by atoms with van der Waals surface area (Å²) in [4.78, 5) is 25.1. The molecule has 0 aliphatic carbocycles. The molecule has 160 valence electrons. The van der Waals surface area contributed by atoms with Crippen molar-refractivity contribution in [2.24, 2.45) is 0 Å². The molecule has 0 radical (unpaired) electrons. The van der Waals surface area contributed by atoms with Crippen molar-refractivity contribution in [1.29, 1.82) is 0 Å². The highest BCUT2D eigenvalue weighted by atomic mass is 32.2.